The predicted octanol–water partition coefficient (Wildman–Crippen LogP) is 1.78. The van der Waals surface area contributed by atoms with E-state index in [9.17, 15) is 0 Å². The summed E-state index contributed by atoms with van der Waals surface area (Å²) < 4.78 is 5.99. The summed E-state index contributed by atoms with van der Waals surface area (Å²) in [5.41, 5.74) is 0. The summed E-state index contributed by atoms with van der Waals surface area (Å²) in [6.45, 7) is 1.99. The topological polar surface area (TPSA) is 41.5 Å². The summed E-state index contributed by atoms with van der Waals surface area (Å²) in [5, 5.41) is 0. The fourth-order valence-electron chi connectivity index (χ4n) is 2.22. The second-order valence-corrected chi connectivity index (χ2v) is 5.56. The second kappa shape index (κ2) is 5.84. The van der Waals surface area contributed by atoms with Gasteiger partial charge in [0, 0.05) is 19.1 Å². The molecule has 100 valence electrons. The molecule has 0 unspecified atom stereocenters. The van der Waals surface area contributed by atoms with E-state index in [-0.39, 0.29) is 0 Å². The normalized spacial score (nSPS) is 17.3. The van der Waals surface area contributed by atoms with Crippen molar-refractivity contribution in [3.05, 3.63) is 10.7 Å². The van der Waals surface area contributed by atoms with Gasteiger partial charge in [0.2, 0.25) is 11.8 Å². The van der Waals surface area contributed by atoms with Crippen LogP contribution in [0.15, 0.2) is 10.7 Å². The van der Waals surface area contributed by atoms with Gasteiger partial charge in [-0.1, -0.05) is 0 Å². The number of methoxy groups -OCH3 is 1. The van der Waals surface area contributed by atoms with E-state index in [1.54, 1.807) is 13.3 Å². The highest BCUT2D eigenvalue weighted by molar-refractivity contribution is 9.10. The Balaban J connectivity index is 2.05. The molecule has 0 aliphatic carbocycles. The summed E-state index contributed by atoms with van der Waals surface area (Å²) in [7, 11) is 5.90. The zero-order valence-corrected chi connectivity index (χ0v) is 12.6. The van der Waals surface area contributed by atoms with Crippen LogP contribution in [0, 0.1) is 0 Å². The largest absolute Gasteiger partial charge is 0.480 e. The molecule has 2 rings (SSSR count). The second-order valence-electron chi connectivity index (χ2n) is 4.71. The highest BCUT2D eigenvalue weighted by atomic mass is 79.9. The van der Waals surface area contributed by atoms with Crippen molar-refractivity contribution in [2.24, 2.45) is 0 Å². The minimum Gasteiger partial charge on any atom is -0.480 e. The number of hydrogen-bond donors (Lipinski definition) is 0. The number of piperidine rings is 1. The molecule has 0 radical (unpaired) electrons. The van der Waals surface area contributed by atoms with Gasteiger partial charge in [-0.05, 0) is 42.9 Å². The van der Waals surface area contributed by atoms with E-state index < -0.39 is 0 Å². The smallest absolute Gasteiger partial charge is 0.232 e. The first-order chi connectivity index (χ1) is 8.61. The van der Waals surface area contributed by atoms with E-state index in [0.29, 0.717) is 11.9 Å². The van der Waals surface area contributed by atoms with E-state index in [2.05, 4.69) is 49.8 Å². The number of aromatic nitrogens is 2. The van der Waals surface area contributed by atoms with Gasteiger partial charge in [-0.15, -0.1) is 0 Å². The minimum atomic E-state index is 0.592. The van der Waals surface area contributed by atoms with Crippen LogP contribution in [0.3, 0.4) is 0 Å². The van der Waals surface area contributed by atoms with Crippen molar-refractivity contribution in [1.29, 1.82) is 0 Å². The van der Waals surface area contributed by atoms with E-state index in [1.807, 2.05) is 0 Å². The highest BCUT2D eigenvalue weighted by Gasteiger charge is 2.22. The molecule has 1 aromatic rings. The van der Waals surface area contributed by atoms with Gasteiger partial charge in [-0.3, -0.25) is 0 Å². The Kier molecular flexibility index (Phi) is 4.40. The fraction of sp³-hybridized carbons (Fsp3) is 0.667. The summed E-state index contributed by atoms with van der Waals surface area (Å²) in [6.07, 6.45) is 4.04. The molecule has 0 bridgehead atoms. The van der Waals surface area contributed by atoms with Crippen molar-refractivity contribution in [2.75, 3.05) is 39.2 Å². The van der Waals surface area contributed by atoms with Gasteiger partial charge in [0.15, 0.2) is 0 Å². The molecule has 1 aromatic heterocycles. The van der Waals surface area contributed by atoms with Crippen molar-refractivity contribution in [2.45, 2.75) is 18.9 Å². The lowest BCUT2D eigenvalue weighted by Gasteiger charge is -2.35. The molecule has 0 spiro atoms. The molecule has 6 heteroatoms. The van der Waals surface area contributed by atoms with Crippen LogP contribution in [-0.2, 0) is 0 Å². The SMILES string of the molecule is COc1nc(N2CCC(N(C)C)CC2)ncc1Br. The summed E-state index contributed by atoms with van der Waals surface area (Å²) in [4.78, 5) is 13.3. The minimum absolute atomic E-state index is 0.592. The van der Waals surface area contributed by atoms with Crippen molar-refractivity contribution in [1.82, 2.24) is 14.9 Å². The fourth-order valence-corrected chi connectivity index (χ4v) is 2.57. The zero-order chi connectivity index (χ0) is 13.1. The third-order valence-electron chi connectivity index (χ3n) is 3.37. The molecular weight excluding hydrogens is 296 g/mol. The van der Waals surface area contributed by atoms with E-state index >= 15 is 0 Å². The summed E-state index contributed by atoms with van der Waals surface area (Å²) in [6, 6.07) is 0.665. The average molecular weight is 315 g/mol. The van der Waals surface area contributed by atoms with E-state index in [1.165, 1.54) is 0 Å². The third kappa shape index (κ3) is 2.92. The van der Waals surface area contributed by atoms with Gasteiger partial charge < -0.3 is 14.5 Å². The molecule has 18 heavy (non-hydrogen) atoms. The number of ether oxygens (including phenoxy) is 1. The van der Waals surface area contributed by atoms with Crippen LogP contribution >= 0.6 is 15.9 Å². The van der Waals surface area contributed by atoms with Crippen molar-refractivity contribution in [3.63, 3.8) is 0 Å². The zero-order valence-electron chi connectivity index (χ0n) is 11.1. The molecule has 1 aliphatic rings. The summed E-state index contributed by atoms with van der Waals surface area (Å²) in [5.74, 6) is 1.35. The lowest BCUT2D eigenvalue weighted by molar-refractivity contribution is 0.248. The van der Waals surface area contributed by atoms with Gasteiger partial charge in [0.25, 0.3) is 0 Å². The van der Waals surface area contributed by atoms with Gasteiger partial charge in [0.1, 0.15) is 0 Å². The lowest BCUT2D eigenvalue weighted by atomic mass is 10.0. The molecule has 0 N–H and O–H groups in total. The third-order valence-corrected chi connectivity index (χ3v) is 3.91. The van der Waals surface area contributed by atoms with Crippen LogP contribution < -0.4 is 9.64 Å². The molecule has 5 nitrogen and oxygen atoms in total. The number of anilines is 1. The van der Waals surface area contributed by atoms with Crippen molar-refractivity contribution < 1.29 is 4.74 Å². The highest BCUT2D eigenvalue weighted by Crippen LogP contribution is 2.25. The van der Waals surface area contributed by atoms with E-state index in [4.69, 9.17) is 4.74 Å². The number of hydrogen-bond acceptors (Lipinski definition) is 5. The number of halogens is 1. The number of nitrogens with zero attached hydrogens (tertiary/aromatic N) is 4. The van der Waals surface area contributed by atoms with Gasteiger partial charge in [-0.2, -0.15) is 4.98 Å². The average Bonchev–Trinajstić information content (AvgIpc) is 2.39. The van der Waals surface area contributed by atoms with Gasteiger partial charge in [-0.25, -0.2) is 4.98 Å². The van der Waals surface area contributed by atoms with Crippen LogP contribution in [0.5, 0.6) is 5.88 Å². The van der Waals surface area contributed by atoms with Crippen LogP contribution in [0.1, 0.15) is 12.8 Å². The Morgan fingerprint density at radius 3 is 2.61 bits per heavy atom. The molecule has 1 aliphatic heterocycles. The Bertz CT molecular complexity index is 405. The molecule has 0 saturated carbocycles. The van der Waals surface area contributed by atoms with Crippen molar-refractivity contribution in [3.8, 4) is 5.88 Å². The predicted molar refractivity (Wildman–Crippen MR) is 75.2 cm³/mol. The Labute approximate surface area is 116 Å². The molecule has 2 heterocycles. The van der Waals surface area contributed by atoms with E-state index in [0.717, 1.165) is 36.4 Å². The van der Waals surface area contributed by atoms with Crippen LogP contribution in [-0.4, -0.2) is 55.2 Å². The molecule has 1 fully saturated rings. The Hall–Kier alpha value is -0.880. The standard InChI is InChI=1S/C12H19BrN4O/c1-16(2)9-4-6-17(7-5-9)12-14-8-10(13)11(15-12)18-3/h8-9H,4-7H2,1-3H3. The van der Waals surface area contributed by atoms with Crippen LogP contribution in [0.25, 0.3) is 0 Å². The first kappa shape index (κ1) is 13.5. The maximum absolute atomic E-state index is 5.20. The van der Waals surface area contributed by atoms with Crippen LogP contribution in [0.4, 0.5) is 5.95 Å². The Morgan fingerprint density at radius 2 is 2.06 bits per heavy atom. The monoisotopic (exact) mass is 314 g/mol. The van der Waals surface area contributed by atoms with Crippen LogP contribution in [0.2, 0.25) is 0 Å². The maximum atomic E-state index is 5.20. The quantitative estimate of drug-likeness (QED) is 0.850. The maximum Gasteiger partial charge on any atom is 0.232 e. The first-order valence-electron chi connectivity index (χ1n) is 6.09. The molecular formula is C12H19BrN4O. The Morgan fingerprint density at radius 1 is 1.39 bits per heavy atom. The number of rotatable bonds is 3. The summed E-state index contributed by atoms with van der Waals surface area (Å²) >= 11 is 3.37. The molecule has 0 atom stereocenters. The lowest BCUT2D eigenvalue weighted by Crippen LogP contribution is -2.42. The van der Waals surface area contributed by atoms with Gasteiger partial charge in [0.05, 0.1) is 17.8 Å². The van der Waals surface area contributed by atoms with Gasteiger partial charge >= 0.3 is 0 Å². The molecule has 0 amide bonds. The first-order valence-corrected chi connectivity index (χ1v) is 6.89. The molecule has 0 aromatic carbocycles. The van der Waals surface area contributed by atoms with Crippen molar-refractivity contribution >= 4 is 21.9 Å². The molecule has 1 saturated heterocycles.